The summed E-state index contributed by atoms with van der Waals surface area (Å²) in [6.07, 6.45) is 4.04. The molecule has 0 fully saturated rings. The fourth-order valence-electron chi connectivity index (χ4n) is 2.57. The number of hydrogen-bond donors (Lipinski definition) is 0. The summed E-state index contributed by atoms with van der Waals surface area (Å²) >= 11 is 0. The van der Waals surface area contributed by atoms with Gasteiger partial charge in [-0.3, -0.25) is 4.99 Å². The monoisotopic (exact) mass is 278 g/mol. The van der Waals surface area contributed by atoms with Crippen molar-refractivity contribution in [1.29, 1.82) is 0 Å². The molecule has 0 saturated heterocycles. The Labute approximate surface area is 124 Å². The first-order chi connectivity index (χ1) is 10.2. The number of ether oxygens (including phenoxy) is 1. The number of fused-ring (bicyclic) bond motifs is 1. The average molecular weight is 278 g/mol. The SMILES string of the molecule is COc1ccc(N=Cc2cn(C)c3cccc(C)c23)cc1. The summed E-state index contributed by atoms with van der Waals surface area (Å²) in [5, 5.41) is 1.26. The molecule has 1 aromatic heterocycles. The summed E-state index contributed by atoms with van der Waals surface area (Å²) in [6, 6.07) is 14.1. The lowest BCUT2D eigenvalue weighted by atomic mass is 10.1. The van der Waals surface area contributed by atoms with Crippen molar-refractivity contribution >= 4 is 22.8 Å². The van der Waals surface area contributed by atoms with Gasteiger partial charge in [-0.1, -0.05) is 12.1 Å². The van der Waals surface area contributed by atoms with E-state index in [1.54, 1.807) is 7.11 Å². The molecule has 0 N–H and O–H groups in total. The molecule has 0 radical (unpaired) electrons. The summed E-state index contributed by atoms with van der Waals surface area (Å²) in [5.74, 6) is 0.843. The van der Waals surface area contributed by atoms with Gasteiger partial charge in [-0.15, -0.1) is 0 Å². The van der Waals surface area contributed by atoms with Crippen LogP contribution in [0, 0.1) is 6.92 Å². The minimum atomic E-state index is 0.843. The Morgan fingerprint density at radius 2 is 1.86 bits per heavy atom. The number of methoxy groups -OCH3 is 1. The van der Waals surface area contributed by atoms with Gasteiger partial charge in [-0.05, 0) is 42.8 Å². The predicted molar refractivity (Wildman–Crippen MR) is 87.9 cm³/mol. The largest absolute Gasteiger partial charge is 0.497 e. The van der Waals surface area contributed by atoms with Gasteiger partial charge >= 0.3 is 0 Å². The fraction of sp³-hybridized carbons (Fsp3) is 0.167. The lowest BCUT2D eigenvalue weighted by molar-refractivity contribution is 0.415. The molecule has 0 atom stereocenters. The van der Waals surface area contributed by atoms with Crippen LogP contribution in [0.5, 0.6) is 5.75 Å². The van der Waals surface area contributed by atoms with Crippen molar-refractivity contribution in [3.05, 3.63) is 59.8 Å². The Hall–Kier alpha value is -2.55. The van der Waals surface area contributed by atoms with Crippen LogP contribution in [-0.2, 0) is 7.05 Å². The molecule has 106 valence electrons. The molecular weight excluding hydrogens is 260 g/mol. The van der Waals surface area contributed by atoms with Crippen LogP contribution in [-0.4, -0.2) is 17.9 Å². The smallest absolute Gasteiger partial charge is 0.119 e. The van der Waals surface area contributed by atoms with E-state index in [9.17, 15) is 0 Å². The first-order valence-corrected chi connectivity index (χ1v) is 6.92. The van der Waals surface area contributed by atoms with Crippen molar-refractivity contribution in [2.24, 2.45) is 12.0 Å². The molecule has 0 spiro atoms. The maximum absolute atomic E-state index is 5.15. The van der Waals surface area contributed by atoms with Crippen LogP contribution in [0.4, 0.5) is 5.69 Å². The van der Waals surface area contributed by atoms with E-state index >= 15 is 0 Å². The van der Waals surface area contributed by atoms with E-state index in [0.29, 0.717) is 0 Å². The summed E-state index contributed by atoms with van der Waals surface area (Å²) in [5.41, 5.74) is 4.55. The van der Waals surface area contributed by atoms with Gasteiger partial charge < -0.3 is 9.30 Å². The van der Waals surface area contributed by atoms with Crippen LogP contribution in [0.2, 0.25) is 0 Å². The van der Waals surface area contributed by atoms with Gasteiger partial charge in [0.05, 0.1) is 12.8 Å². The zero-order valence-electron chi connectivity index (χ0n) is 12.5. The summed E-state index contributed by atoms with van der Waals surface area (Å²) in [4.78, 5) is 4.56. The Morgan fingerprint density at radius 3 is 2.57 bits per heavy atom. The molecule has 1 heterocycles. The zero-order valence-corrected chi connectivity index (χ0v) is 12.5. The molecule has 3 rings (SSSR count). The molecule has 3 nitrogen and oxygen atoms in total. The summed E-state index contributed by atoms with van der Waals surface area (Å²) < 4.78 is 7.29. The molecule has 0 bridgehead atoms. The number of aliphatic imine (C=N–C) groups is 1. The highest BCUT2D eigenvalue weighted by Crippen LogP contribution is 2.24. The molecule has 0 amide bonds. The molecular formula is C18H18N2O. The predicted octanol–water partition coefficient (Wildman–Crippen LogP) is 4.25. The molecule has 0 aliphatic rings. The highest BCUT2D eigenvalue weighted by molar-refractivity contribution is 6.01. The molecule has 3 heteroatoms. The van der Waals surface area contributed by atoms with Gasteiger partial charge in [-0.25, -0.2) is 0 Å². The summed E-state index contributed by atoms with van der Waals surface area (Å²) in [6.45, 7) is 2.13. The maximum atomic E-state index is 5.15. The topological polar surface area (TPSA) is 26.5 Å². The number of nitrogens with zero attached hydrogens (tertiary/aromatic N) is 2. The standard InChI is InChI=1S/C18H18N2O/c1-13-5-4-6-17-18(13)14(12-20(17)2)11-19-15-7-9-16(21-3)10-8-15/h4-12H,1-3H3. The van der Waals surface area contributed by atoms with Crippen molar-refractivity contribution in [2.75, 3.05) is 7.11 Å². The number of aryl methyl sites for hydroxylation is 2. The quantitative estimate of drug-likeness (QED) is 0.658. The van der Waals surface area contributed by atoms with E-state index in [1.165, 1.54) is 16.5 Å². The lowest BCUT2D eigenvalue weighted by Gasteiger charge is -2.00. The average Bonchev–Trinajstić information content (AvgIpc) is 2.84. The Balaban J connectivity index is 1.99. The Bertz CT molecular complexity index is 798. The number of aromatic nitrogens is 1. The van der Waals surface area contributed by atoms with Gasteiger partial charge in [0.2, 0.25) is 0 Å². The molecule has 0 saturated carbocycles. The van der Waals surface area contributed by atoms with Crippen molar-refractivity contribution < 1.29 is 4.74 Å². The van der Waals surface area contributed by atoms with Gasteiger partial charge in [0, 0.05) is 35.9 Å². The molecule has 3 aromatic rings. The first-order valence-electron chi connectivity index (χ1n) is 6.92. The summed E-state index contributed by atoms with van der Waals surface area (Å²) in [7, 11) is 3.73. The van der Waals surface area contributed by atoms with E-state index in [-0.39, 0.29) is 0 Å². The third kappa shape index (κ3) is 2.55. The molecule has 0 aliphatic heterocycles. The molecule has 2 aromatic carbocycles. The van der Waals surface area contributed by atoms with E-state index in [1.807, 2.05) is 30.5 Å². The first kappa shape index (κ1) is 13.4. The van der Waals surface area contributed by atoms with E-state index < -0.39 is 0 Å². The van der Waals surface area contributed by atoms with Crippen LogP contribution >= 0.6 is 0 Å². The van der Waals surface area contributed by atoms with E-state index in [2.05, 4.69) is 47.9 Å². The van der Waals surface area contributed by atoms with Crippen LogP contribution in [0.3, 0.4) is 0 Å². The minimum absolute atomic E-state index is 0.843. The zero-order chi connectivity index (χ0) is 14.8. The third-order valence-electron chi connectivity index (χ3n) is 3.68. The normalized spacial score (nSPS) is 11.4. The van der Waals surface area contributed by atoms with E-state index in [0.717, 1.165) is 17.0 Å². The third-order valence-corrected chi connectivity index (χ3v) is 3.68. The number of hydrogen-bond acceptors (Lipinski definition) is 2. The van der Waals surface area contributed by atoms with Gasteiger partial charge in [0.25, 0.3) is 0 Å². The van der Waals surface area contributed by atoms with Crippen molar-refractivity contribution in [2.45, 2.75) is 6.92 Å². The minimum Gasteiger partial charge on any atom is -0.497 e. The second-order valence-corrected chi connectivity index (χ2v) is 5.12. The Morgan fingerprint density at radius 1 is 1.10 bits per heavy atom. The molecule has 21 heavy (non-hydrogen) atoms. The van der Waals surface area contributed by atoms with Crippen LogP contribution in [0.15, 0.2) is 53.7 Å². The number of rotatable bonds is 3. The van der Waals surface area contributed by atoms with Crippen LogP contribution < -0.4 is 4.74 Å². The van der Waals surface area contributed by atoms with Gasteiger partial charge in [0.1, 0.15) is 5.75 Å². The highest BCUT2D eigenvalue weighted by Gasteiger charge is 2.06. The maximum Gasteiger partial charge on any atom is 0.119 e. The lowest BCUT2D eigenvalue weighted by Crippen LogP contribution is -1.83. The van der Waals surface area contributed by atoms with Crippen molar-refractivity contribution in [1.82, 2.24) is 4.57 Å². The molecule has 0 unspecified atom stereocenters. The Kier molecular flexibility index (Phi) is 3.48. The fourth-order valence-corrected chi connectivity index (χ4v) is 2.57. The number of benzene rings is 2. The van der Waals surface area contributed by atoms with Crippen molar-refractivity contribution in [3.8, 4) is 5.75 Å². The molecule has 0 aliphatic carbocycles. The van der Waals surface area contributed by atoms with Crippen LogP contribution in [0.1, 0.15) is 11.1 Å². The van der Waals surface area contributed by atoms with Gasteiger partial charge in [-0.2, -0.15) is 0 Å². The second-order valence-electron chi connectivity index (χ2n) is 5.12. The second kappa shape index (κ2) is 5.44. The van der Waals surface area contributed by atoms with Crippen molar-refractivity contribution in [3.63, 3.8) is 0 Å². The van der Waals surface area contributed by atoms with E-state index in [4.69, 9.17) is 4.74 Å². The van der Waals surface area contributed by atoms with Crippen LogP contribution in [0.25, 0.3) is 10.9 Å². The van der Waals surface area contributed by atoms with Gasteiger partial charge in [0.15, 0.2) is 0 Å². The highest BCUT2D eigenvalue weighted by atomic mass is 16.5.